The molecular weight excluding hydrogens is 353 g/mol. The van der Waals surface area contributed by atoms with E-state index in [9.17, 15) is 19.1 Å². The van der Waals surface area contributed by atoms with Crippen molar-refractivity contribution in [2.75, 3.05) is 26.8 Å². The lowest BCUT2D eigenvalue weighted by atomic mass is 9.84. The molecule has 2 aliphatic rings. The van der Waals surface area contributed by atoms with Crippen LogP contribution in [0.25, 0.3) is 0 Å². The number of ether oxygens (including phenoxy) is 2. The van der Waals surface area contributed by atoms with E-state index in [-0.39, 0.29) is 30.1 Å². The van der Waals surface area contributed by atoms with Crippen molar-refractivity contribution < 1.29 is 28.6 Å². The molecular formula is C20H26FNO5. The minimum Gasteiger partial charge on any atom is -0.494 e. The van der Waals surface area contributed by atoms with Gasteiger partial charge in [-0.1, -0.05) is 12.1 Å². The number of rotatable bonds is 6. The van der Waals surface area contributed by atoms with E-state index in [2.05, 4.69) is 0 Å². The fourth-order valence-electron chi connectivity index (χ4n) is 4.12. The minimum atomic E-state index is -0.795. The molecule has 2 aliphatic heterocycles. The summed E-state index contributed by atoms with van der Waals surface area (Å²) in [6.07, 6.45) is 2.37. The third-order valence-electron chi connectivity index (χ3n) is 5.68. The van der Waals surface area contributed by atoms with E-state index < -0.39 is 17.7 Å². The van der Waals surface area contributed by atoms with E-state index in [1.165, 1.54) is 7.11 Å². The monoisotopic (exact) mass is 379 g/mol. The molecule has 2 fully saturated rings. The Morgan fingerprint density at radius 1 is 1.30 bits per heavy atom. The molecule has 0 bridgehead atoms. The summed E-state index contributed by atoms with van der Waals surface area (Å²) in [5.74, 6) is -1.29. The minimum absolute atomic E-state index is 0.00204. The number of carbonyl (C=O) groups is 2. The number of hydrogen-bond acceptors (Lipinski definition) is 4. The van der Waals surface area contributed by atoms with Gasteiger partial charge in [-0.15, -0.1) is 0 Å². The third-order valence-corrected chi connectivity index (χ3v) is 5.68. The van der Waals surface area contributed by atoms with Gasteiger partial charge >= 0.3 is 5.97 Å². The van der Waals surface area contributed by atoms with Crippen LogP contribution in [0.5, 0.6) is 5.75 Å². The lowest BCUT2D eigenvalue weighted by Crippen LogP contribution is -2.43. The van der Waals surface area contributed by atoms with Crippen LogP contribution in [0.15, 0.2) is 18.2 Å². The van der Waals surface area contributed by atoms with E-state index in [1.807, 2.05) is 0 Å². The van der Waals surface area contributed by atoms with Crippen molar-refractivity contribution in [3.05, 3.63) is 29.6 Å². The second-order valence-electron chi connectivity index (χ2n) is 7.22. The van der Waals surface area contributed by atoms with E-state index in [1.54, 1.807) is 23.1 Å². The summed E-state index contributed by atoms with van der Waals surface area (Å²) in [5.41, 5.74) is 0.473. The van der Waals surface area contributed by atoms with Crippen LogP contribution in [0.4, 0.5) is 4.39 Å². The molecule has 1 amide bonds. The van der Waals surface area contributed by atoms with Crippen molar-refractivity contribution in [2.24, 2.45) is 11.8 Å². The molecule has 1 aromatic rings. The molecule has 2 atom stereocenters. The van der Waals surface area contributed by atoms with Crippen molar-refractivity contribution in [3.8, 4) is 5.75 Å². The number of nitrogens with zero attached hydrogens (tertiary/aromatic N) is 1. The lowest BCUT2D eigenvalue weighted by Gasteiger charge is -2.35. The van der Waals surface area contributed by atoms with E-state index >= 15 is 0 Å². The van der Waals surface area contributed by atoms with Gasteiger partial charge in [0.1, 0.15) is 0 Å². The molecule has 1 aromatic carbocycles. The van der Waals surface area contributed by atoms with Crippen LogP contribution in [0.2, 0.25) is 0 Å². The number of amides is 1. The molecule has 7 heteroatoms. The van der Waals surface area contributed by atoms with Crippen molar-refractivity contribution in [1.82, 2.24) is 4.90 Å². The van der Waals surface area contributed by atoms with Gasteiger partial charge in [0.2, 0.25) is 5.91 Å². The van der Waals surface area contributed by atoms with Gasteiger partial charge in [0.15, 0.2) is 11.6 Å². The largest absolute Gasteiger partial charge is 0.494 e. The maximum Gasteiger partial charge on any atom is 0.309 e. The molecule has 0 radical (unpaired) electrons. The zero-order valence-electron chi connectivity index (χ0n) is 15.5. The first-order valence-corrected chi connectivity index (χ1v) is 9.44. The second-order valence-corrected chi connectivity index (χ2v) is 7.22. The summed E-state index contributed by atoms with van der Waals surface area (Å²) in [5, 5.41) is 9.31. The molecule has 0 aromatic heterocycles. The second kappa shape index (κ2) is 8.69. The quantitative estimate of drug-likeness (QED) is 0.822. The van der Waals surface area contributed by atoms with Crippen molar-refractivity contribution >= 4 is 11.9 Å². The Morgan fingerprint density at radius 3 is 2.70 bits per heavy atom. The first-order chi connectivity index (χ1) is 13.0. The smallest absolute Gasteiger partial charge is 0.309 e. The maximum atomic E-state index is 14.2. The Balaban J connectivity index is 1.50. The highest BCUT2D eigenvalue weighted by Crippen LogP contribution is 2.33. The molecule has 0 spiro atoms. The van der Waals surface area contributed by atoms with Crippen molar-refractivity contribution in [2.45, 2.75) is 38.2 Å². The first kappa shape index (κ1) is 19.6. The van der Waals surface area contributed by atoms with E-state index in [0.717, 1.165) is 12.8 Å². The molecule has 1 N–H and O–H groups in total. The van der Waals surface area contributed by atoms with Gasteiger partial charge < -0.3 is 19.5 Å². The number of halogens is 1. The predicted octanol–water partition coefficient (Wildman–Crippen LogP) is 2.50. The predicted molar refractivity (Wildman–Crippen MR) is 96.1 cm³/mol. The van der Waals surface area contributed by atoms with Crippen LogP contribution in [-0.4, -0.2) is 54.8 Å². The summed E-state index contributed by atoms with van der Waals surface area (Å²) < 4.78 is 24.8. The lowest BCUT2D eigenvalue weighted by molar-refractivity contribution is -0.146. The molecule has 2 saturated heterocycles. The van der Waals surface area contributed by atoms with Gasteiger partial charge in [-0.25, -0.2) is 4.39 Å². The Morgan fingerprint density at radius 2 is 2.04 bits per heavy atom. The van der Waals surface area contributed by atoms with Crippen molar-refractivity contribution in [1.29, 1.82) is 0 Å². The Bertz CT molecular complexity index is 687. The number of benzene rings is 1. The highest BCUT2D eigenvalue weighted by Gasteiger charge is 2.40. The number of carboxylic acids is 1. The number of carbonyl (C=O) groups excluding carboxylic acids is 1. The summed E-state index contributed by atoms with van der Waals surface area (Å²) in [7, 11) is 1.42. The zero-order valence-corrected chi connectivity index (χ0v) is 15.5. The molecule has 6 nitrogen and oxygen atoms in total. The van der Waals surface area contributed by atoms with Gasteiger partial charge in [0, 0.05) is 26.1 Å². The SMILES string of the molecule is COc1cccc(CCC(=O)N2CCC([C@@H]3OCCC3C(=O)O)CC2)c1F. The Labute approximate surface area is 158 Å². The van der Waals surface area contributed by atoms with E-state index in [0.29, 0.717) is 38.1 Å². The number of carboxylic acid groups (broad SMARTS) is 1. The fourth-order valence-corrected chi connectivity index (χ4v) is 4.12. The molecule has 0 aliphatic carbocycles. The van der Waals surface area contributed by atoms with Gasteiger partial charge in [0.05, 0.1) is 19.1 Å². The fraction of sp³-hybridized carbons (Fsp3) is 0.600. The normalized spacial score (nSPS) is 23.4. The molecule has 148 valence electrons. The average Bonchev–Trinajstić information content (AvgIpc) is 3.17. The maximum absolute atomic E-state index is 14.2. The summed E-state index contributed by atoms with van der Waals surface area (Å²) in [4.78, 5) is 25.6. The summed E-state index contributed by atoms with van der Waals surface area (Å²) in [6, 6.07) is 4.94. The number of aliphatic carboxylic acids is 1. The first-order valence-electron chi connectivity index (χ1n) is 9.44. The van der Waals surface area contributed by atoms with Crippen LogP contribution in [0.3, 0.4) is 0 Å². The number of hydrogen-bond donors (Lipinski definition) is 1. The van der Waals surface area contributed by atoms with Gasteiger partial charge in [0.25, 0.3) is 0 Å². The number of likely N-dealkylation sites (tertiary alicyclic amines) is 1. The summed E-state index contributed by atoms with van der Waals surface area (Å²) in [6.45, 7) is 1.68. The van der Waals surface area contributed by atoms with Gasteiger partial charge in [-0.2, -0.15) is 0 Å². The third kappa shape index (κ3) is 4.40. The van der Waals surface area contributed by atoms with Crippen LogP contribution < -0.4 is 4.74 Å². The Hall–Kier alpha value is -2.15. The molecule has 27 heavy (non-hydrogen) atoms. The van der Waals surface area contributed by atoms with Crippen LogP contribution in [-0.2, 0) is 20.7 Å². The van der Waals surface area contributed by atoms with Gasteiger partial charge in [-0.05, 0) is 43.2 Å². The van der Waals surface area contributed by atoms with Crippen LogP contribution in [0.1, 0.15) is 31.2 Å². The molecule has 3 rings (SSSR count). The molecule has 1 unspecified atom stereocenters. The average molecular weight is 379 g/mol. The van der Waals surface area contributed by atoms with Crippen LogP contribution in [0, 0.1) is 17.7 Å². The molecule has 2 heterocycles. The highest BCUT2D eigenvalue weighted by atomic mass is 19.1. The van der Waals surface area contributed by atoms with E-state index in [4.69, 9.17) is 9.47 Å². The Kier molecular flexibility index (Phi) is 6.31. The topological polar surface area (TPSA) is 76.1 Å². The standard InChI is InChI=1S/C20H26FNO5/c1-26-16-4-2-3-13(18(16)21)5-6-17(23)22-10-7-14(8-11-22)19-15(20(24)25)9-12-27-19/h2-4,14-15,19H,5-12H2,1H3,(H,24,25)/t15?,19-/m0/s1. The zero-order chi connectivity index (χ0) is 19.4. The molecule has 0 saturated carbocycles. The van der Waals surface area contributed by atoms with Crippen molar-refractivity contribution in [3.63, 3.8) is 0 Å². The number of methoxy groups -OCH3 is 1. The van der Waals surface area contributed by atoms with Gasteiger partial charge in [-0.3, -0.25) is 9.59 Å². The summed E-state index contributed by atoms with van der Waals surface area (Å²) >= 11 is 0. The number of piperidine rings is 1. The number of aryl methyl sites for hydroxylation is 1. The van der Waals surface area contributed by atoms with Crippen LogP contribution >= 0.6 is 0 Å². The highest BCUT2D eigenvalue weighted by molar-refractivity contribution is 5.76.